The zero-order valence-electron chi connectivity index (χ0n) is 10.3. The number of terminal acetylenes is 1. The van der Waals surface area contributed by atoms with Crippen molar-refractivity contribution in [2.24, 2.45) is 0 Å². The Morgan fingerprint density at radius 1 is 1.53 bits per heavy atom. The molecule has 90 valence electrons. The fourth-order valence-electron chi connectivity index (χ4n) is 2.22. The molecule has 1 aliphatic heterocycles. The molecule has 2 atom stereocenters. The molecule has 0 saturated heterocycles. The van der Waals surface area contributed by atoms with E-state index in [9.17, 15) is 0 Å². The van der Waals surface area contributed by atoms with Crippen LogP contribution >= 0.6 is 0 Å². The standard InChI is InChI=1S/C15H19NO/c1-3-13(4-2)16-11-15-14-8-6-5-7-12(14)9-10-17-15/h1,5-8,13,15-16H,4,9-11H2,2H3. The van der Waals surface area contributed by atoms with Crippen LogP contribution in [0.2, 0.25) is 0 Å². The molecule has 0 amide bonds. The summed E-state index contributed by atoms with van der Waals surface area (Å²) in [4.78, 5) is 0. The summed E-state index contributed by atoms with van der Waals surface area (Å²) in [6.45, 7) is 3.68. The molecule has 0 aliphatic carbocycles. The number of hydrogen-bond donors (Lipinski definition) is 1. The van der Waals surface area contributed by atoms with Gasteiger partial charge in [-0.1, -0.05) is 37.1 Å². The van der Waals surface area contributed by atoms with E-state index < -0.39 is 0 Å². The van der Waals surface area contributed by atoms with Crippen LogP contribution in [0.3, 0.4) is 0 Å². The first kappa shape index (κ1) is 12.2. The molecule has 2 heteroatoms. The van der Waals surface area contributed by atoms with Crippen molar-refractivity contribution < 1.29 is 4.74 Å². The second-order valence-corrected chi connectivity index (χ2v) is 4.34. The van der Waals surface area contributed by atoms with Gasteiger partial charge >= 0.3 is 0 Å². The van der Waals surface area contributed by atoms with Gasteiger partial charge < -0.3 is 10.1 Å². The van der Waals surface area contributed by atoms with Crippen LogP contribution in [0.5, 0.6) is 0 Å². The van der Waals surface area contributed by atoms with Crippen molar-refractivity contribution in [2.45, 2.75) is 31.9 Å². The van der Waals surface area contributed by atoms with Crippen molar-refractivity contribution in [3.63, 3.8) is 0 Å². The van der Waals surface area contributed by atoms with Gasteiger partial charge in [-0.15, -0.1) is 6.42 Å². The molecule has 0 fully saturated rings. The number of hydrogen-bond acceptors (Lipinski definition) is 2. The van der Waals surface area contributed by atoms with Gasteiger partial charge in [-0.25, -0.2) is 0 Å². The molecule has 0 radical (unpaired) electrons. The van der Waals surface area contributed by atoms with Crippen LogP contribution in [0, 0.1) is 12.3 Å². The molecule has 2 unspecified atom stereocenters. The first-order valence-electron chi connectivity index (χ1n) is 6.24. The first-order valence-corrected chi connectivity index (χ1v) is 6.24. The van der Waals surface area contributed by atoms with Crippen LogP contribution in [-0.4, -0.2) is 19.2 Å². The second kappa shape index (κ2) is 5.86. The van der Waals surface area contributed by atoms with E-state index in [-0.39, 0.29) is 12.1 Å². The summed E-state index contributed by atoms with van der Waals surface area (Å²) in [5.74, 6) is 2.75. The number of rotatable bonds is 4. The summed E-state index contributed by atoms with van der Waals surface area (Å²) in [5, 5.41) is 3.37. The lowest BCUT2D eigenvalue weighted by Crippen LogP contribution is -2.33. The van der Waals surface area contributed by atoms with E-state index in [1.165, 1.54) is 11.1 Å². The first-order chi connectivity index (χ1) is 8.35. The topological polar surface area (TPSA) is 21.3 Å². The summed E-state index contributed by atoms with van der Waals surface area (Å²) in [7, 11) is 0. The Morgan fingerprint density at radius 3 is 3.12 bits per heavy atom. The molecule has 2 rings (SSSR count). The minimum absolute atomic E-state index is 0.141. The Hall–Kier alpha value is -1.30. The van der Waals surface area contributed by atoms with Crippen LogP contribution in [0.4, 0.5) is 0 Å². The van der Waals surface area contributed by atoms with Crippen molar-refractivity contribution in [3.8, 4) is 12.3 Å². The average Bonchev–Trinajstić information content (AvgIpc) is 2.40. The minimum atomic E-state index is 0.141. The molecule has 1 heterocycles. The van der Waals surface area contributed by atoms with E-state index in [1.807, 2.05) is 0 Å². The lowest BCUT2D eigenvalue weighted by Gasteiger charge is -2.27. The number of nitrogens with one attached hydrogen (secondary N) is 1. The van der Waals surface area contributed by atoms with Gasteiger partial charge in [-0.05, 0) is 24.0 Å². The fourth-order valence-corrected chi connectivity index (χ4v) is 2.22. The minimum Gasteiger partial charge on any atom is -0.372 e. The third-order valence-corrected chi connectivity index (χ3v) is 3.25. The van der Waals surface area contributed by atoms with Crippen LogP contribution in [0.25, 0.3) is 0 Å². The normalized spacial score (nSPS) is 20.4. The van der Waals surface area contributed by atoms with Gasteiger partial charge in [0, 0.05) is 6.54 Å². The lowest BCUT2D eigenvalue weighted by atomic mass is 9.97. The smallest absolute Gasteiger partial charge is 0.0952 e. The van der Waals surface area contributed by atoms with Crippen molar-refractivity contribution in [1.29, 1.82) is 0 Å². The highest BCUT2D eigenvalue weighted by molar-refractivity contribution is 5.31. The molecule has 0 bridgehead atoms. The molecule has 0 aromatic heterocycles. The number of benzene rings is 1. The Morgan fingerprint density at radius 2 is 2.35 bits per heavy atom. The largest absolute Gasteiger partial charge is 0.372 e. The fraction of sp³-hybridized carbons (Fsp3) is 0.467. The van der Waals surface area contributed by atoms with Gasteiger partial charge in [-0.3, -0.25) is 0 Å². The van der Waals surface area contributed by atoms with E-state index in [0.29, 0.717) is 0 Å². The maximum Gasteiger partial charge on any atom is 0.0952 e. The highest BCUT2D eigenvalue weighted by Crippen LogP contribution is 2.26. The summed E-state index contributed by atoms with van der Waals surface area (Å²) in [5.41, 5.74) is 2.71. The molecular formula is C15H19NO. The maximum atomic E-state index is 5.81. The SMILES string of the molecule is C#CC(CC)NCC1OCCc2ccccc21. The monoisotopic (exact) mass is 229 g/mol. The van der Waals surface area contributed by atoms with Crippen molar-refractivity contribution in [3.05, 3.63) is 35.4 Å². The van der Waals surface area contributed by atoms with Crippen LogP contribution in [-0.2, 0) is 11.2 Å². The van der Waals surface area contributed by atoms with Crippen LogP contribution in [0.15, 0.2) is 24.3 Å². The highest BCUT2D eigenvalue weighted by atomic mass is 16.5. The van der Waals surface area contributed by atoms with Crippen LogP contribution in [0.1, 0.15) is 30.6 Å². The van der Waals surface area contributed by atoms with Crippen molar-refractivity contribution >= 4 is 0 Å². The van der Waals surface area contributed by atoms with Gasteiger partial charge in [0.05, 0.1) is 18.8 Å². The van der Waals surface area contributed by atoms with E-state index >= 15 is 0 Å². The molecule has 1 aromatic rings. The van der Waals surface area contributed by atoms with E-state index in [0.717, 1.165) is 26.0 Å². The molecule has 17 heavy (non-hydrogen) atoms. The summed E-state index contributed by atoms with van der Waals surface area (Å²) in [6, 6.07) is 8.64. The summed E-state index contributed by atoms with van der Waals surface area (Å²) >= 11 is 0. The molecule has 1 aromatic carbocycles. The van der Waals surface area contributed by atoms with E-state index in [2.05, 4.69) is 42.4 Å². The van der Waals surface area contributed by atoms with E-state index in [1.54, 1.807) is 0 Å². The maximum absolute atomic E-state index is 5.81. The van der Waals surface area contributed by atoms with Crippen LogP contribution < -0.4 is 5.32 Å². The summed E-state index contributed by atoms with van der Waals surface area (Å²) in [6.07, 6.45) is 7.54. The molecule has 1 N–H and O–H groups in total. The van der Waals surface area contributed by atoms with Gasteiger partial charge in [0.1, 0.15) is 0 Å². The molecule has 0 saturated carbocycles. The zero-order chi connectivity index (χ0) is 12.1. The number of fused-ring (bicyclic) bond motifs is 1. The summed E-state index contributed by atoms with van der Waals surface area (Å²) < 4.78 is 5.81. The van der Waals surface area contributed by atoms with Gasteiger partial charge in [0.15, 0.2) is 0 Å². The van der Waals surface area contributed by atoms with Gasteiger partial charge in [0.2, 0.25) is 0 Å². The Labute approximate surface area is 103 Å². The average molecular weight is 229 g/mol. The number of ether oxygens (including phenoxy) is 1. The Balaban J connectivity index is 2.02. The predicted octanol–water partition coefficient (Wildman–Crippen LogP) is 2.30. The molecule has 0 spiro atoms. The quantitative estimate of drug-likeness (QED) is 0.800. The molecule has 2 nitrogen and oxygen atoms in total. The lowest BCUT2D eigenvalue weighted by molar-refractivity contribution is 0.0416. The highest BCUT2D eigenvalue weighted by Gasteiger charge is 2.20. The predicted molar refractivity (Wildman–Crippen MR) is 69.8 cm³/mol. The van der Waals surface area contributed by atoms with Crippen molar-refractivity contribution in [1.82, 2.24) is 5.32 Å². The Bertz CT molecular complexity index is 408. The van der Waals surface area contributed by atoms with Crippen molar-refractivity contribution in [2.75, 3.05) is 13.2 Å². The Kier molecular flexibility index (Phi) is 4.19. The molecular weight excluding hydrogens is 210 g/mol. The van der Waals surface area contributed by atoms with Gasteiger partial charge in [0.25, 0.3) is 0 Å². The molecule has 1 aliphatic rings. The third kappa shape index (κ3) is 2.88. The second-order valence-electron chi connectivity index (χ2n) is 4.34. The van der Waals surface area contributed by atoms with Gasteiger partial charge in [-0.2, -0.15) is 0 Å². The van der Waals surface area contributed by atoms with E-state index in [4.69, 9.17) is 11.2 Å². The third-order valence-electron chi connectivity index (χ3n) is 3.25. The zero-order valence-corrected chi connectivity index (χ0v) is 10.3.